The molecule has 1 atom stereocenters. The first kappa shape index (κ1) is 14.7. The standard InChI is InChI=1S/C17H19N3O2/c1-20-8-2-3-14(11-20)16-10-18-15(9-19-16)12-4-6-13(7-5-12)17(21)22/h4-7,9-10,14H,2-3,8,11H2,1H3,(H,21,22). The molecular weight excluding hydrogens is 278 g/mol. The van der Waals surface area contributed by atoms with Gasteiger partial charge in [0.2, 0.25) is 0 Å². The summed E-state index contributed by atoms with van der Waals surface area (Å²) in [6.07, 6.45) is 5.98. The number of carboxylic acid groups (broad SMARTS) is 1. The minimum atomic E-state index is -0.922. The normalized spacial score (nSPS) is 19.0. The highest BCUT2D eigenvalue weighted by Crippen LogP contribution is 2.25. The molecule has 2 heterocycles. The predicted octanol–water partition coefficient (Wildman–Crippen LogP) is 2.65. The lowest BCUT2D eigenvalue weighted by molar-refractivity contribution is 0.0697. The van der Waals surface area contributed by atoms with Gasteiger partial charge in [-0.1, -0.05) is 12.1 Å². The van der Waals surface area contributed by atoms with Gasteiger partial charge in [0.1, 0.15) is 0 Å². The zero-order chi connectivity index (χ0) is 15.5. The average molecular weight is 297 g/mol. The van der Waals surface area contributed by atoms with Gasteiger partial charge in [-0.15, -0.1) is 0 Å². The van der Waals surface area contributed by atoms with Crippen LogP contribution in [0.15, 0.2) is 36.7 Å². The highest BCUT2D eigenvalue weighted by Gasteiger charge is 2.20. The van der Waals surface area contributed by atoms with E-state index < -0.39 is 5.97 Å². The van der Waals surface area contributed by atoms with Gasteiger partial charge < -0.3 is 10.0 Å². The molecule has 1 saturated heterocycles. The summed E-state index contributed by atoms with van der Waals surface area (Å²) >= 11 is 0. The zero-order valence-corrected chi connectivity index (χ0v) is 12.6. The summed E-state index contributed by atoms with van der Waals surface area (Å²) in [5.74, 6) is -0.468. The van der Waals surface area contributed by atoms with Gasteiger partial charge in [0.25, 0.3) is 0 Å². The van der Waals surface area contributed by atoms with Crippen LogP contribution in [-0.4, -0.2) is 46.1 Å². The van der Waals surface area contributed by atoms with Crippen molar-refractivity contribution in [2.45, 2.75) is 18.8 Å². The van der Waals surface area contributed by atoms with Crippen molar-refractivity contribution >= 4 is 5.97 Å². The molecule has 1 aromatic heterocycles. The van der Waals surface area contributed by atoms with E-state index in [4.69, 9.17) is 5.11 Å². The van der Waals surface area contributed by atoms with E-state index in [-0.39, 0.29) is 5.56 Å². The van der Waals surface area contributed by atoms with Crippen molar-refractivity contribution < 1.29 is 9.90 Å². The fourth-order valence-electron chi connectivity index (χ4n) is 2.89. The van der Waals surface area contributed by atoms with Crippen molar-refractivity contribution in [2.75, 3.05) is 20.1 Å². The Labute approximate surface area is 129 Å². The Morgan fingerprint density at radius 2 is 2.00 bits per heavy atom. The molecule has 0 amide bonds. The SMILES string of the molecule is CN1CCCC(c2cnc(-c3ccc(C(=O)O)cc3)cn2)C1. The minimum absolute atomic E-state index is 0.276. The Morgan fingerprint density at radius 1 is 1.23 bits per heavy atom. The van der Waals surface area contributed by atoms with E-state index in [1.54, 1.807) is 30.5 Å². The molecule has 1 aliphatic rings. The van der Waals surface area contributed by atoms with Crippen LogP contribution >= 0.6 is 0 Å². The maximum absolute atomic E-state index is 10.9. The van der Waals surface area contributed by atoms with Gasteiger partial charge >= 0.3 is 5.97 Å². The maximum atomic E-state index is 10.9. The fourth-order valence-corrected chi connectivity index (χ4v) is 2.89. The Hall–Kier alpha value is -2.27. The molecular formula is C17H19N3O2. The fraction of sp³-hybridized carbons (Fsp3) is 0.353. The summed E-state index contributed by atoms with van der Waals surface area (Å²) in [6, 6.07) is 6.70. The van der Waals surface area contributed by atoms with Crippen LogP contribution < -0.4 is 0 Å². The lowest BCUT2D eigenvalue weighted by atomic mass is 9.95. The third-order valence-electron chi connectivity index (χ3n) is 4.14. The second-order valence-corrected chi connectivity index (χ2v) is 5.81. The molecule has 0 spiro atoms. The van der Waals surface area contributed by atoms with Crippen LogP contribution in [0.2, 0.25) is 0 Å². The number of hydrogen-bond donors (Lipinski definition) is 1. The van der Waals surface area contributed by atoms with E-state index in [0.717, 1.165) is 36.5 Å². The number of carboxylic acids is 1. The third-order valence-corrected chi connectivity index (χ3v) is 4.14. The Morgan fingerprint density at radius 3 is 2.59 bits per heavy atom. The van der Waals surface area contributed by atoms with Crippen LogP contribution in [0.25, 0.3) is 11.3 Å². The summed E-state index contributed by atoms with van der Waals surface area (Å²) in [4.78, 5) is 22.3. The second-order valence-electron chi connectivity index (χ2n) is 5.81. The summed E-state index contributed by atoms with van der Waals surface area (Å²) in [5, 5.41) is 8.92. The van der Waals surface area contributed by atoms with Gasteiger partial charge in [-0.3, -0.25) is 9.97 Å². The molecule has 0 aliphatic carbocycles. The molecule has 3 rings (SSSR count). The van der Waals surface area contributed by atoms with Crippen LogP contribution in [0.4, 0.5) is 0 Å². The smallest absolute Gasteiger partial charge is 0.335 e. The van der Waals surface area contributed by atoms with Gasteiger partial charge in [-0.05, 0) is 38.6 Å². The Kier molecular flexibility index (Phi) is 4.15. The van der Waals surface area contributed by atoms with E-state index in [0.29, 0.717) is 5.92 Å². The van der Waals surface area contributed by atoms with Crippen LogP contribution in [-0.2, 0) is 0 Å². The first-order valence-corrected chi connectivity index (χ1v) is 7.47. The molecule has 1 aliphatic heterocycles. The largest absolute Gasteiger partial charge is 0.478 e. The van der Waals surface area contributed by atoms with Crippen molar-refractivity contribution in [2.24, 2.45) is 0 Å². The van der Waals surface area contributed by atoms with Gasteiger partial charge in [0.05, 0.1) is 23.1 Å². The van der Waals surface area contributed by atoms with Crippen molar-refractivity contribution in [3.05, 3.63) is 47.9 Å². The monoisotopic (exact) mass is 297 g/mol. The average Bonchev–Trinajstić information content (AvgIpc) is 2.55. The first-order valence-electron chi connectivity index (χ1n) is 7.47. The number of likely N-dealkylation sites (N-methyl/N-ethyl adjacent to an activating group) is 1. The van der Waals surface area contributed by atoms with Crippen LogP contribution in [0.5, 0.6) is 0 Å². The number of piperidine rings is 1. The summed E-state index contributed by atoms with van der Waals surface area (Å²) in [5.41, 5.74) is 2.96. The van der Waals surface area contributed by atoms with Crippen LogP contribution in [0.1, 0.15) is 34.8 Å². The van der Waals surface area contributed by atoms with E-state index >= 15 is 0 Å². The van der Waals surface area contributed by atoms with E-state index in [2.05, 4.69) is 21.9 Å². The zero-order valence-electron chi connectivity index (χ0n) is 12.6. The Bertz CT molecular complexity index is 653. The molecule has 1 N–H and O–H groups in total. The highest BCUT2D eigenvalue weighted by molar-refractivity contribution is 5.88. The molecule has 5 heteroatoms. The highest BCUT2D eigenvalue weighted by atomic mass is 16.4. The number of aromatic carboxylic acids is 1. The molecule has 0 radical (unpaired) electrons. The van der Waals surface area contributed by atoms with Gasteiger partial charge in [0.15, 0.2) is 0 Å². The van der Waals surface area contributed by atoms with Gasteiger partial charge in [-0.2, -0.15) is 0 Å². The molecule has 2 aromatic rings. The number of likely N-dealkylation sites (tertiary alicyclic amines) is 1. The first-order chi connectivity index (χ1) is 10.6. The molecule has 22 heavy (non-hydrogen) atoms. The number of aromatic nitrogens is 2. The molecule has 0 saturated carbocycles. The molecule has 5 nitrogen and oxygen atoms in total. The van der Waals surface area contributed by atoms with Gasteiger partial charge in [-0.25, -0.2) is 4.79 Å². The Balaban J connectivity index is 1.77. The minimum Gasteiger partial charge on any atom is -0.478 e. The number of hydrogen-bond acceptors (Lipinski definition) is 4. The van der Waals surface area contributed by atoms with E-state index in [1.807, 2.05) is 6.20 Å². The molecule has 114 valence electrons. The van der Waals surface area contributed by atoms with Crippen LogP contribution in [0.3, 0.4) is 0 Å². The van der Waals surface area contributed by atoms with Crippen molar-refractivity contribution in [1.29, 1.82) is 0 Å². The topological polar surface area (TPSA) is 66.3 Å². The summed E-state index contributed by atoms with van der Waals surface area (Å²) in [6.45, 7) is 2.18. The molecule has 0 bridgehead atoms. The number of rotatable bonds is 3. The van der Waals surface area contributed by atoms with Crippen molar-refractivity contribution in [3.8, 4) is 11.3 Å². The van der Waals surface area contributed by atoms with Gasteiger partial charge in [0, 0.05) is 24.2 Å². The predicted molar refractivity (Wildman–Crippen MR) is 83.9 cm³/mol. The maximum Gasteiger partial charge on any atom is 0.335 e. The molecule has 1 aromatic carbocycles. The van der Waals surface area contributed by atoms with E-state index in [1.165, 1.54) is 6.42 Å². The molecule has 1 unspecified atom stereocenters. The van der Waals surface area contributed by atoms with Crippen molar-refractivity contribution in [1.82, 2.24) is 14.9 Å². The van der Waals surface area contributed by atoms with Crippen LogP contribution in [0, 0.1) is 0 Å². The summed E-state index contributed by atoms with van der Waals surface area (Å²) < 4.78 is 0. The third kappa shape index (κ3) is 3.14. The second kappa shape index (κ2) is 6.23. The number of nitrogens with zero attached hydrogens (tertiary/aromatic N) is 3. The number of benzene rings is 1. The molecule has 1 fully saturated rings. The summed E-state index contributed by atoms with van der Waals surface area (Å²) in [7, 11) is 2.14. The van der Waals surface area contributed by atoms with Crippen molar-refractivity contribution in [3.63, 3.8) is 0 Å². The lowest BCUT2D eigenvalue weighted by Gasteiger charge is -2.29. The quantitative estimate of drug-likeness (QED) is 0.943. The lowest BCUT2D eigenvalue weighted by Crippen LogP contribution is -2.31. The number of carbonyl (C=O) groups is 1. The van der Waals surface area contributed by atoms with E-state index in [9.17, 15) is 4.79 Å².